The quantitative estimate of drug-likeness (QED) is 0.381. The van der Waals surface area contributed by atoms with Gasteiger partial charge in [-0.05, 0) is 17.0 Å². The van der Waals surface area contributed by atoms with Gasteiger partial charge in [-0.2, -0.15) is 0 Å². The van der Waals surface area contributed by atoms with Crippen LogP contribution in [0.3, 0.4) is 0 Å². The van der Waals surface area contributed by atoms with E-state index in [9.17, 15) is 9.59 Å². The van der Waals surface area contributed by atoms with Gasteiger partial charge in [0, 0.05) is 24.8 Å². The molecular formula is C28H22O3. The topological polar surface area (TPSA) is 47.3 Å². The van der Waals surface area contributed by atoms with Gasteiger partial charge in [0.2, 0.25) is 0 Å². The van der Waals surface area contributed by atoms with Crippen LogP contribution in [0.2, 0.25) is 0 Å². The van der Waals surface area contributed by atoms with E-state index in [1.807, 2.05) is 78.9 Å². The maximum Gasteiger partial charge on any atom is 0.197 e. The number of Topliss-reactive ketones (excluding diaryl/α,β-unsaturated/α-hetero) is 1. The number of hydrogen-bond donors (Lipinski definition) is 0. The summed E-state index contributed by atoms with van der Waals surface area (Å²) in [6, 6.07) is 29.1. The minimum absolute atomic E-state index is 0.0163. The number of furan rings is 1. The molecule has 0 bridgehead atoms. The van der Waals surface area contributed by atoms with E-state index in [4.69, 9.17) is 4.42 Å². The molecule has 3 aromatic carbocycles. The smallest absolute Gasteiger partial charge is 0.197 e. The first-order valence-electron chi connectivity index (χ1n) is 10.6. The third-order valence-electron chi connectivity index (χ3n) is 5.94. The maximum atomic E-state index is 13.5. The summed E-state index contributed by atoms with van der Waals surface area (Å²) >= 11 is 0. The summed E-state index contributed by atoms with van der Waals surface area (Å²) in [5.74, 6) is 1.11. The highest BCUT2D eigenvalue weighted by Gasteiger charge is 2.36. The van der Waals surface area contributed by atoms with E-state index in [1.165, 1.54) is 0 Å². The molecule has 0 radical (unpaired) electrons. The lowest BCUT2D eigenvalue weighted by atomic mass is 9.80. The van der Waals surface area contributed by atoms with Crippen LogP contribution in [0.5, 0.6) is 0 Å². The lowest BCUT2D eigenvalue weighted by Crippen LogP contribution is -2.20. The monoisotopic (exact) mass is 406 g/mol. The molecule has 0 fully saturated rings. The largest absolute Gasteiger partial charge is 0.464 e. The Morgan fingerprint density at radius 2 is 1.42 bits per heavy atom. The van der Waals surface area contributed by atoms with Gasteiger partial charge in [0.15, 0.2) is 11.6 Å². The molecule has 5 rings (SSSR count). The van der Waals surface area contributed by atoms with E-state index in [0.717, 1.165) is 11.1 Å². The van der Waals surface area contributed by atoms with Crippen LogP contribution in [0.4, 0.5) is 0 Å². The molecule has 1 atom stereocenters. The molecule has 31 heavy (non-hydrogen) atoms. The lowest BCUT2D eigenvalue weighted by Gasteiger charge is -2.21. The molecule has 1 heterocycles. The number of rotatable bonds is 5. The van der Waals surface area contributed by atoms with Crippen LogP contribution in [0.25, 0.3) is 0 Å². The van der Waals surface area contributed by atoms with Crippen LogP contribution >= 0.6 is 0 Å². The van der Waals surface area contributed by atoms with E-state index in [-0.39, 0.29) is 17.5 Å². The normalized spacial score (nSPS) is 15.5. The van der Waals surface area contributed by atoms with Gasteiger partial charge in [0.1, 0.15) is 11.5 Å². The highest BCUT2D eigenvalue weighted by molar-refractivity contribution is 6.17. The first-order chi connectivity index (χ1) is 15.2. The Morgan fingerprint density at radius 3 is 2.10 bits per heavy atom. The van der Waals surface area contributed by atoms with Crippen LogP contribution < -0.4 is 0 Å². The SMILES string of the molecule is O=C1CC(c2ccccc2)Cc2oc(Cc3ccccc3)c(C(=O)c3ccccc3)c21. The average molecular weight is 406 g/mol. The molecule has 0 amide bonds. The van der Waals surface area contributed by atoms with Crippen molar-refractivity contribution in [2.75, 3.05) is 0 Å². The zero-order valence-corrected chi connectivity index (χ0v) is 17.1. The zero-order valence-electron chi connectivity index (χ0n) is 17.1. The Balaban J connectivity index is 1.60. The van der Waals surface area contributed by atoms with Crippen molar-refractivity contribution in [2.24, 2.45) is 0 Å². The molecular weight excluding hydrogens is 384 g/mol. The fourth-order valence-electron chi connectivity index (χ4n) is 4.43. The highest BCUT2D eigenvalue weighted by atomic mass is 16.3. The molecule has 1 aliphatic carbocycles. The Labute approximate surface area is 181 Å². The Hall–Kier alpha value is -3.72. The van der Waals surface area contributed by atoms with Crippen molar-refractivity contribution in [2.45, 2.75) is 25.2 Å². The predicted molar refractivity (Wildman–Crippen MR) is 120 cm³/mol. The van der Waals surface area contributed by atoms with Gasteiger partial charge in [-0.3, -0.25) is 9.59 Å². The number of ketones is 2. The molecule has 1 aliphatic rings. The Morgan fingerprint density at radius 1 is 0.806 bits per heavy atom. The van der Waals surface area contributed by atoms with Crippen molar-refractivity contribution < 1.29 is 14.0 Å². The molecule has 0 saturated heterocycles. The van der Waals surface area contributed by atoms with Crippen molar-refractivity contribution in [3.8, 4) is 0 Å². The van der Waals surface area contributed by atoms with E-state index in [0.29, 0.717) is 47.5 Å². The third-order valence-corrected chi connectivity index (χ3v) is 5.94. The summed E-state index contributed by atoms with van der Waals surface area (Å²) in [6.07, 6.45) is 1.48. The Bertz CT molecular complexity index is 1220. The van der Waals surface area contributed by atoms with Gasteiger partial charge < -0.3 is 4.42 Å². The van der Waals surface area contributed by atoms with Gasteiger partial charge in [-0.25, -0.2) is 0 Å². The number of benzene rings is 3. The molecule has 4 aromatic rings. The van der Waals surface area contributed by atoms with Crippen molar-refractivity contribution in [3.63, 3.8) is 0 Å². The molecule has 3 nitrogen and oxygen atoms in total. The standard InChI is InChI=1S/C28H22O3/c29-23-17-22(20-12-6-2-7-13-20)18-25-26(23)27(28(30)21-14-8-3-9-15-21)24(31-25)16-19-10-4-1-5-11-19/h1-15,22H,16-18H2. The summed E-state index contributed by atoms with van der Waals surface area (Å²) in [6.45, 7) is 0. The fourth-order valence-corrected chi connectivity index (χ4v) is 4.43. The molecule has 152 valence electrons. The maximum absolute atomic E-state index is 13.5. The summed E-state index contributed by atoms with van der Waals surface area (Å²) in [5.41, 5.74) is 3.65. The third kappa shape index (κ3) is 3.75. The van der Waals surface area contributed by atoms with Crippen LogP contribution in [0, 0.1) is 0 Å². The van der Waals surface area contributed by atoms with Gasteiger partial charge in [-0.15, -0.1) is 0 Å². The van der Waals surface area contributed by atoms with E-state index in [2.05, 4.69) is 0 Å². The van der Waals surface area contributed by atoms with Crippen LogP contribution in [-0.4, -0.2) is 11.6 Å². The first kappa shape index (κ1) is 19.3. The van der Waals surface area contributed by atoms with E-state index in [1.54, 1.807) is 12.1 Å². The second kappa shape index (κ2) is 8.19. The first-order valence-corrected chi connectivity index (χ1v) is 10.6. The molecule has 1 aromatic heterocycles. The van der Waals surface area contributed by atoms with Gasteiger partial charge in [-0.1, -0.05) is 91.0 Å². The predicted octanol–water partition coefficient (Wildman–Crippen LogP) is 6.01. The summed E-state index contributed by atoms with van der Waals surface area (Å²) in [7, 11) is 0. The van der Waals surface area contributed by atoms with Crippen LogP contribution in [0.15, 0.2) is 95.4 Å². The molecule has 0 aliphatic heterocycles. The van der Waals surface area contributed by atoms with E-state index < -0.39 is 0 Å². The number of hydrogen-bond acceptors (Lipinski definition) is 3. The van der Waals surface area contributed by atoms with E-state index >= 15 is 0 Å². The average Bonchev–Trinajstić information content (AvgIpc) is 3.18. The van der Waals surface area contributed by atoms with Crippen LogP contribution in [-0.2, 0) is 12.8 Å². The summed E-state index contributed by atoms with van der Waals surface area (Å²) in [4.78, 5) is 26.8. The number of carbonyl (C=O) groups is 2. The van der Waals surface area contributed by atoms with Gasteiger partial charge in [0.05, 0.1) is 11.1 Å². The molecule has 0 spiro atoms. The highest BCUT2D eigenvalue weighted by Crippen LogP contribution is 2.38. The molecule has 3 heteroatoms. The lowest BCUT2D eigenvalue weighted by molar-refractivity contribution is 0.0949. The van der Waals surface area contributed by atoms with Crippen molar-refractivity contribution in [1.29, 1.82) is 0 Å². The summed E-state index contributed by atoms with van der Waals surface area (Å²) in [5, 5.41) is 0. The van der Waals surface area contributed by atoms with Crippen LogP contribution in [0.1, 0.15) is 61.3 Å². The fraction of sp³-hybridized carbons (Fsp3) is 0.143. The Kier molecular flexibility index (Phi) is 5.09. The molecule has 0 saturated carbocycles. The van der Waals surface area contributed by atoms with Crippen molar-refractivity contribution in [3.05, 3.63) is 130 Å². The van der Waals surface area contributed by atoms with Gasteiger partial charge >= 0.3 is 0 Å². The summed E-state index contributed by atoms with van der Waals surface area (Å²) < 4.78 is 6.26. The minimum atomic E-state index is -0.150. The van der Waals surface area contributed by atoms with Crippen molar-refractivity contribution >= 4 is 11.6 Å². The number of carbonyl (C=O) groups excluding carboxylic acids is 2. The molecule has 1 unspecified atom stereocenters. The molecule has 0 N–H and O–H groups in total. The number of fused-ring (bicyclic) bond motifs is 1. The van der Waals surface area contributed by atoms with Crippen molar-refractivity contribution in [1.82, 2.24) is 0 Å². The minimum Gasteiger partial charge on any atom is -0.464 e. The second-order valence-corrected chi connectivity index (χ2v) is 7.99. The van der Waals surface area contributed by atoms with Gasteiger partial charge in [0.25, 0.3) is 0 Å². The zero-order chi connectivity index (χ0) is 21.2. The second-order valence-electron chi connectivity index (χ2n) is 7.99.